The van der Waals surface area contributed by atoms with Gasteiger partial charge in [-0.05, 0) is 36.0 Å². The van der Waals surface area contributed by atoms with Crippen molar-refractivity contribution in [2.24, 2.45) is 5.41 Å². The van der Waals surface area contributed by atoms with Crippen LogP contribution in [0.15, 0.2) is 24.3 Å². The van der Waals surface area contributed by atoms with Crippen molar-refractivity contribution in [2.75, 3.05) is 0 Å². The summed E-state index contributed by atoms with van der Waals surface area (Å²) in [5.41, 5.74) is 1.10. The van der Waals surface area contributed by atoms with E-state index in [9.17, 15) is 5.11 Å². The van der Waals surface area contributed by atoms with E-state index < -0.39 is 0 Å². The molecule has 2 heteroatoms. The highest BCUT2D eigenvalue weighted by atomic mass is 35.5. The molecule has 0 amide bonds. The minimum Gasteiger partial charge on any atom is -0.392 e. The molecule has 0 radical (unpaired) electrons. The molecule has 0 aliphatic rings. The largest absolute Gasteiger partial charge is 0.392 e. The summed E-state index contributed by atoms with van der Waals surface area (Å²) in [6.07, 6.45) is 1.36. The molecule has 0 fully saturated rings. The monoisotopic (exact) mass is 226 g/mol. The van der Waals surface area contributed by atoms with Gasteiger partial charge in [-0.3, -0.25) is 0 Å². The highest BCUT2D eigenvalue weighted by molar-refractivity contribution is 6.30. The maximum absolute atomic E-state index is 10.1. The van der Waals surface area contributed by atoms with Gasteiger partial charge in [0.15, 0.2) is 0 Å². The number of rotatable bonds is 4. The molecule has 0 spiro atoms. The van der Waals surface area contributed by atoms with Crippen molar-refractivity contribution < 1.29 is 5.11 Å². The Bertz CT molecular complexity index is 303. The molecule has 1 aromatic rings. The summed E-state index contributed by atoms with van der Waals surface area (Å²) in [6.45, 7) is 6.28. The van der Waals surface area contributed by atoms with E-state index in [1.54, 1.807) is 0 Å². The van der Waals surface area contributed by atoms with Gasteiger partial charge in [-0.2, -0.15) is 0 Å². The second-order valence-corrected chi connectivity index (χ2v) is 5.12. The van der Waals surface area contributed by atoms with E-state index in [-0.39, 0.29) is 11.5 Å². The SMILES string of the molecule is CCC(C)(C)C(O)Cc1ccc(Cl)cc1. The van der Waals surface area contributed by atoms with Crippen molar-refractivity contribution in [1.82, 2.24) is 0 Å². The van der Waals surface area contributed by atoms with E-state index in [0.717, 1.165) is 17.0 Å². The zero-order chi connectivity index (χ0) is 11.5. The number of benzene rings is 1. The Morgan fingerprint density at radius 2 is 1.80 bits per heavy atom. The summed E-state index contributed by atoms with van der Waals surface area (Å²) in [6, 6.07) is 7.67. The lowest BCUT2D eigenvalue weighted by Crippen LogP contribution is -2.30. The first kappa shape index (κ1) is 12.5. The van der Waals surface area contributed by atoms with Crippen molar-refractivity contribution in [3.8, 4) is 0 Å². The number of aliphatic hydroxyl groups excluding tert-OH is 1. The topological polar surface area (TPSA) is 20.2 Å². The predicted molar refractivity (Wildman–Crippen MR) is 65.2 cm³/mol. The molecule has 1 nitrogen and oxygen atoms in total. The average Bonchev–Trinajstić information content (AvgIpc) is 2.21. The van der Waals surface area contributed by atoms with Gasteiger partial charge in [0, 0.05) is 5.02 Å². The Hall–Kier alpha value is -0.530. The molecule has 0 aliphatic heterocycles. The maximum atomic E-state index is 10.1. The second-order valence-electron chi connectivity index (χ2n) is 4.69. The zero-order valence-electron chi connectivity index (χ0n) is 9.63. The Labute approximate surface area is 97.1 Å². The molecule has 0 bridgehead atoms. The molecule has 84 valence electrons. The Morgan fingerprint density at radius 3 is 2.27 bits per heavy atom. The quantitative estimate of drug-likeness (QED) is 0.831. The fourth-order valence-electron chi connectivity index (χ4n) is 1.36. The van der Waals surface area contributed by atoms with Crippen LogP contribution in [0.3, 0.4) is 0 Å². The van der Waals surface area contributed by atoms with Gasteiger partial charge >= 0.3 is 0 Å². The van der Waals surface area contributed by atoms with Crippen molar-refractivity contribution in [3.05, 3.63) is 34.9 Å². The van der Waals surface area contributed by atoms with Crippen molar-refractivity contribution >= 4 is 11.6 Å². The third-order valence-corrected chi connectivity index (χ3v) is 3.41. The van der Waals surface area contributed by atoms with E-state index in [2.05, 4.69) is 20.8 Å². The first-order valence-corrected chi connectivity index (χ1v) is 5.76. The summed E-state index contributed by atoms with van der Waals surface area (Å²) in [4.78, 5) is 0. The van der Waals surface area contributed by atoms with Crippen molar-refractivity contribution in [2.45, 2.75) is 39.7 Å². The Morgan fingerprint density at radius 1 is 1.27 bits per heavy atom. The summed E-state index contributed by atoms with van der Waals surface area (Å²) < 4.78 is 0. The van der Waals surface area contributed by atoms with Gasteiger partial charge in [-0.15, -0.1) is 0 Å². The van der Waals surface area contributed by atoms with E-state index in [4.69, 9.17) is 11.6 Å². The molecule has 0 saturated carbocycles. The minimum atomic E-state index is -0.302. The molecule has 1 aromatic carbocycles. The van der Waals surface area contributed by atoms with Crippen LogP contribution >= 0.6 is 11.6 Å². The number of aliphatic hydroxyl groups is 1. The van der Waals surface area contributed by atoms with Crippen LogP contribution in [0.2, 0.25) is 5.02 Å². The van der Waals surface area contributed by atoms with Crippen LogP contribution in [0.5, 0.6) is 0 Å². The predicted octanol–water partition coefficient (Wildman–Crippen LogP) is 3.68. The first-order chi connectivity index (χ1) is 6.95. The molecule has 1 rings (SSSR count). The molecule has 0 aromatic heterocycles. The van der Waals surface area contributed by atoms with Gasteiger partial charge in [0.2, 0.25) is 0 Å². The molecule has 1 atom stereocenters. The third kappa shape index (κ3) is 3.51. The van der Waals surface area contributed by atoms with Crippen LogP contribution in [0.4, 0.5) is 0 Å². The lowest BCUT2D eigenvalue weighted by Gasteiger charge is -2.29. The summed E-state index contributed by atoms with van der Waals surface area (Å²) in [5, 5.41) is 10.8. The third-order valence-electron chi connectivity index (χ3n) is 3.16. The fraction of sp³-hybridized carbons (Fsp3) is 0.538. The average molecular weight is 227 g/mol. The molecule has 0 heterocycles. The maximum Gasteiger partial charge on any atom is 0.0631 e. The fourth-order valence-corrected chi connectivity index (χ4v) is 1.48. The molecule has 1 unspecified atom stereocenters. The normalized spacial score (nSPS) is 13.9. The van der Waals surface area contributed by atoms with Crippen molar-refractivity contribution in [1.29, 1.82) is 0 Å². The molecular formula is C13H19ClO. The van der Waals surface area contributed by atoms with Crippen LogP contribution < -0.4 is 0 Å². The van der Waals surface area contributed by atoms with Crippen molar-refractivity contribution in [3.63, 3.8) is 0 Å². The van der Waals surface area contributed by atoms with Crippen LogP contribution in [0.25, 0.3) is 0 Å². The van der Waals surface area contributed by atoms with Crippen LogP contribution in [0, 0.1) is 5.41 Å². The standard InChI is InChI=1S/C13H19ClO/c1-4-13(2,3)12(15)9-10-5-7-11(14)8-6-10/h5-8,12,15H,4,9H2,1-3H3. The molecule has 0 aliphatic carbocycles. The summed E-state index contributed by atoms with van der Waals surface area (Å²) in [5.74, 6) is 0. The highest BCUT2D eigenvalue weighted by Gasteiger charge is 2.25. The Kier molecular flexibility index (Phi) is 4.18. The lowest BCUT2D eigenvalue weighted by atomic mass is 9.81. The molecule has 0 saturated heterocycles. The zero-order valence-corrected chi connectivity index (χ0v) is 10.4. The van der Waals surface area contributed by atoms with Gasteiger partial charge in [0.25, 0.3) is 0 Å². The lowest BCUT2D eigenvalue weighted by molar-refractivity contribution is 0.0479. The first-order valence-electron chi connectivity index (χ1n) is 5.38. The number of halogens is 1. The van der Waals surface area contributed by atoms with Crippen LogP contribution in [-0.4, -0.2) is 11.2 Å². The van der Waals surface area contributed by atoms with Crippen LogP contribution in [0.1, 0.15) is 32.8 Å². The number of hydrogen-bond acceptors (Lipinski definition) is 1. The van der Waals surface area contributed by atoms with Gasteiger partial charge in [-0.25, -0.2) is 0 Å². The minimum absolute atomic E-state index is 0.0281. The smallest absolute Gasteiger partial charge is 0.0631 e. The highest BCUT2D eigenvalue weighted by Crippen LogP contribution is 2.27. The van der Waals surface area contributed by atoms with E-state index in [0.29, 0.717) is 6.42 Å². The van der Waals surface area contributed by atoms with Crippen LogP contribution in [-0.2, 0) is 6.42 Å². The molecular weight excluding hydrogens is 208 g/mol. The summed E-state index contributed by atoms with van der Waals surface area (Å²) >= 11 is 5.80. The van der Waals surface area contributed by atoms with Gasteiger partial charge in [0.05, 0.1) is 6.10 Å². The molecule has 1 N–H and O–H groups in total. The number of hydrogen-bond donors (Lipinski definition) is 1. The second kappa shape index (κ2) is 5.00. The molecule has 15 heavy (non-hydrogen) atoms. The van der Waals surface area contributed by atoms with Gasteiger partial charge in [0.1, 0.15) is 0 Å². The Balaban J connectivity index is 2.66. The summed E-state index contributed by atoms with van der Waals surface area (Å²) in [7, 11) is 0. The van der Waals surface area contributed by atoms with Gasteiger partial charge in [-0.1, -0.05) is 44.5 Å². The van der Waals surface area contributed by atoms with E-state index in [1.165, 1.54) is 0 Å². The van der Waals surface area contributed by atoms with Gasteiger partial charge < -0.3 is 5.11 Å². The van der Waals surface area contributed by atoms with E-state index >= 15 is 0 Å². The van der Waals surface area contributed by atoms with E-state index in [1.807, 2.05) is 24.3 Å².